The first kappa shape index (κ1) is 33.1. The highest BCUT2D eigenvalue weighted by atomic mass is 32.2. The van der Waals surface area contributed by atoms with Gasteiger partial charge in [0.05, 0.1) is 27.1 Å². The molecule has 3 aromatic rings. The van der Waals surface area contributed by atoms with Crippen LogP contribution in [0.5, 0.6) is 0 Å². The molecule has 1 fully saturated rings. The van der Waals surface area contributed by atoms with E-state index < -0.39 is 21.6 Å². The number of hydrogen-bond acceptors (Lipinski definition) is 7. The second-order valence-electron chi connectivity index (χ2n) is 13.1. The zero-order chi connectivity index (χ0) is 31.3. The molecule has 0 saturated heterocycles. The van der Waals surface area contributed by atoms with Crippen molar-refractivity contribution >= 4 is 33.1 Å². The third-order valence-corrected chi connectivity index (χ3v) is 10.00. The smallest absolute Gasteiger partial charge is 0.319 e. The van der Waals surface area contributed by atoms with Crippen LogP contribution in [0.1, 0.15) is 83.7 Å². The van der Waals surface area contributed by atoms with Gasteiger partial charge in [-0.1, -0.05) is 36.4 Å². The minimum atomic E-state index is -3.92. The number of hydrogen-bond donors (Lipinski definition) is 4. The van der Waals surface area contributed by atoms with Crippen LogP contribution >= 0.6 is 11.3 Å². The summed E-state index contributed by atoms with van der Waals surface area (Å²) in [6, 6.07) is 14.6. The van der Waals surface area contributed by atoms with Gasteiger partial charge in [0.25, 0.3) is 0 Å². The summed E-state index contributed by atoms with van der Waals surface area (Å²) in [5.41, 5.74) is 1.06. The number of ether oxygens (including phenoxy) is 1. The fourth-order valence-corrected chi connectivity index (χ4v) is 7.82. The molecule has 1 aliphatic carbocycles. The molecular weight excluding hydrogens is 583 g/mol. The van der Waals surface area contributed by atoms with Crippen LogP contribution in [0, 0.1) is 0 Å². The molecule has 9 nitrogen and oxygen atoms in total. The van der Waals surface area contributed by atoms with Crippen LogP contribution in [0.2, 0.25) is 0 Å². The molecule has 1 aliphatic rings. The van der Waals surface area contributed by atoms with E-state index in [2.05, 4.69) is 41.4 Å². The number of rotatable bonds is 10. The van der Waals surface area contributed by atoms with Crippen LogP contribution in [0.15, 0.2) is 59.6 Å². The maximum absolute atomic E-state index is 13.6. The second-order valence-corrected chi connectivity index (χ2v) is 15.8. The molecular formula is C32H45N5O4S2. The van der Waals surface area contributed by atoms with E-state index in [1.165, 1.54) is 6.07 Å². The Morgan fingerprint density at radius 2 is 1.70 bits per heavy atom. The first-order valence-electron chi connectivity index (χ1n) is 14.8. The molecule has 1 saturated carbocycles. The first-order chi connectivity index (χ1) is 20.2. The van der Waals surface area contributed by atoms with Gasteiger partial charge in [-0.3, -0.25) is 5.32 Å². The van der Waals surface area contributed by atoms with Crippen molar-refractivity contribution in [3.8, 4) is 10.4 Å². The summed E-state index contributed by atoms with van der Waals surface area (Å²) in [6.45, 7) is 12.5. The number of anilines is 1. The Kier molecular flexibility index (Phi) is 10.7. The van der Waals surface area contributed by atoms with E-state index in [1.807, 2.05) is 30.3 Å². The number of nitrogens with one attached hydrogen (secondary N) is 4. The SMILES string of the molecule is CC(C)(C)NS(=O)(=O)c1cc(NC(=O)NCc2ccccc2)ccc1-c1cnc([C@H]2CC[C@H](NCOC(C)(C)C)CC2)s1. The molecule has 1 aromatic heterocycles. The Hall–Kier alpha value is -2.83. The molecule has 0 atom stereocenters. The summed E-state index contributed by atoms with van der Waals surface area (Å²) in [6.07, 6.45) is 5.87. The van der Waals surface area contributed by atoms with E-state index in [1.54, 1.807) is 50.4 Å². The molecule has 2 aromatic carbocycles. The number of amides is 2. The van der Waals surface area contributed by atoms with Crippen LogP contribution in [-0.4, -0.2) is 43.3 Å². The molecule has 2 amide bonds. The van der Waals surface area contributed by atoms with Gasteiger partial charge in [0.2, 0.25) is 10.0 Å². The summed E-state index contributed by atoms with van der Waals surface area (Å²) in [4.78, 5) is 18.2. The van der Waals surface area contributed by atoms with Crippen LogP contribution in [0.25, 0.3) is 10.4 Å². The molecule has 0 spiro atoms. The highest BCUT2D eigenvalue weighted by Gasteiger charge is 2.28. The van der Waals surface area contributed by atoms with Crippen LogP contribution in [0.3, 0.4) is 0 Å². The minimum Gasteiger partial charge on any atom is -0.361 e. The number of carbonyl (C=O) groups is 1. The van der Waals surface area contributed by atoms with Gasteiger partial charge in [0, 0.05) is 41.5 Å². The second kappa shape index (κ2) is 13.9. The average molecular weight is 628 g/mol. The zero-order valence-electron chi connectivity index (χ0n) is 26.0. The van der Waals surface area contributed by atoms with Crippen molar-refractivity contribution in [1.29, 1.82) is 0 Å². The van der Waals surface area contributed by atoms with E-state index in [-0.39, 0.29) is 10.5 Å². The number of thiazole rings is 1. The highest BCUT2D eigenvalue weighted by molar-refractivity contribution is 7.89. The first-order valence-corrected chi connectivity index (χ1v) is 17.1. The molecule has 0 bridgehead atoms. The Bertz CT molecular complexity index is 1470. The van der Waals surface area contributed by atoms with Gasteiger partial charge in [-0.2, -0.15) is 0 Å². The lowest BCUT2D eigenvalue weighted by atomic mass is 9.86. The normalized spacial score (nSPS) is 17.9. The Labute approximate surface area is 260 Å². The molecule has 0 unspecified atom stereocenters. The van der Waals surface area contributed by atoms with Gasteiger partial charge in [0.15, 0.2) is 0 Å². The molecule has 0 radical (unpaired) electrons. The molecule has 4 rings (SSSR count). The van der Waals surface area contributed by atoms with Crippen molar-refractivity contribution in [1.82, 2.24) is 20.3 Å². The fraction of sp³-hybridized carbons (Fsp3) is 0.500. The minimum absolute atomic E-state index is 0.102. The number of carbonyl (C=O) groups excluding carboxylic acids is 1. The Morgan fingerprint density at radius 3 is 2.35 bits per heavy atom. The monoisotopic (exact) mass is 627 g/mol. The van der Waals surface area contributed by atoms with Gasteiger partial charge >= 0.3 is 6.03 Å². The Morgan fingerprint density at radius 1 is 1.00 bits per heavy atom. The number of benzene rings is 2. The Balaban J connectivity index is 1.49. The van der Waals surface area contributed by atoms with E-state index >= 15 is 0 Å². The summed E-state index contributed by atoms with van der Waals surface area (Å²) >= 11 is 1.54. The summed E-state index contributed by atoms with van der Waals surface area (Å²) < 4.78 is 35.8. The van der Waals surface area contributed by atoms with E-state index in [4.69, 9.17) is 9.72 Å². The van der Waals surface area contributed by atoms with Crippen LogP contribution in [0.4, 0.5) is 10.5 Å². The number of aromatic nitrogens is 1. The van der Waals surface area contributed by atoms with Crippen molar-refractivity contribution in [2.75, 3.05) is 12.0 Å². The predicted octanol–water partition coefficient (Wildman–Crippen LogP) is 6.60. The van der Waals surface area contributed by atoms with Crippen LogP contribution in [-0.2, 0) is 21.3 Å². The summed E-state index contributed by atoms with van der Waals surface area (Å²) in [5, 5.41) is 10.1. The summed E-state index contributed by atoms with van der Waals surface area (Å²) in [7, 11) is -3.92. The average Bonchev–Trinajstić information content (AvgIpc) is 3.41. The van der Waals surface area contributed by atoms with Gasteiger partial charge in [0.1, 0.15) is 0 Å². The van der Waals surface area contributed by atoms with Crippen molar-refractivity contribution in [3.63, 3.8) is 0 Å². The summed E-state index contributed by atoms with van der Waals surface area (Å²) in [5.74, 6) is 0.336. The quantitative estimate of drug-likeness (QED) is 0.188. The van der Waals surface area contributed by atoms with E-state index in [9.17, 15) is 13.2 Å². The molecule has 4 N–H and O–H groups in total. The topological polar surface area (TPSA) is 121 Å². The number of nitrogens with zero attached hydrogens (tertiary/aromatic N) is 1. The molecule has 1 heterocycles. The van der Waals surface area contributed by atoms with E-state index in [0.717, 1.165) is 41.1 Å². The van der Waals surface area contributed by atoms with Crippen molar-refractivity contribution in [3.05, 3.63) is 65.3 Å². The largest absolute Gasteiger partial charge is 0.361 e. The molecule has 234 valence electrons. The maximum Gasteiger partial charge on any atom is 0.319 e. The lowest BCUT2D eigenvalue weighted by molar-refractivity contribution is -0.0188. The van der Waals surface area contributed by atoms with Gasteiger partial charge in [-0.05, 0) is 84.9 Å². The molecule has 43 heavy (non-hydrogen) atoms. The van der Waals surface area contributed by atoms with Crippen molar-refractivity contribution in [2.24, 2.45) is 0 Å². The van der Waals surface area contributed by atoms with Gasteiger partial charge in [-0.25, -0.2) is 22.9 Å². The predicted molar refractivity (Wildman–Crippen MR) is 174 cm³/mol. The number of sulfonamides is 1. The lowest BCUT2D eigenvalue weighted by Gasteiger charge is -2.29. The molecule has 11 heteroatoms. The highest BCUT2D eigenvalue weighted by Crippen LogP contribution is 2.40. The zero-order valence-corrected chi connectivity index (χ0v) is 27.6. The number of urea groups is 1. The van der Waals surface area contributed by atoms with E-state index in [0.29, 0.717) is 36.5 Å². The van der Waals surface area contributed by atoms with Crippen molar-refractivity contribution in [2.45, 2.75) is 102 Å². The van der Waals surface area contributed by atoms with Crippen molar-refractivity contribution < 1.29 is 17.9 Å². The third kappa shape index (κ3) is 10.1. The standard InChI is InChI=1S/C32H45N5O4S2/c1-31(2,3)37-43(39,40)28-18-25(36-30(38)34-19-22-10-8-7-9-11-22)16-17-26(28)27-20-33-29(42-27)23-12-14-24(15-13-23)35-21-41-32(4,5)6/h7-11,16-18,20,23-24,35,37H,12-15,19,21H2,1-6H3,(H2,34,36,38)/t23-,24-. The lowest BCUT2D eigenvalue weighted by Crippen LogP contribution is -2.40. The third-order valence-electron chi connectivity index (χ3n) is 7.01. The van der Waals surface area contributed by atoms with Gasteiger partial charge in [-0.15, -0.1) is 11.3 Å². The molecule has 0 aliphatic heterocycles. The fourth-order valence-electron chi connectivity index (χ4n) is 4.96. The van der Waals surface area contributed by atoms with Crippen LogP contribution < -0.4 is 20.7 Å². The maximum atomic E-state index is 13.6. The van der Waals surface area contributed by atoms with Gasteiger partial charge < -0.3 is 15.4 Å².